The summed E-state index contributed by atoms with van der Waals surface area (Å²) in [7, 11) is 0. The minimum atomic E-state index is -0.295. The van der Waals surface area contributed by atoms with Crippen molar-refractivity contribution in [1.82, 2.24) is 0 Å². The van der Waals surface area contributed by atoms with Crippen LogP contribution in [-0.2, 0) is 0 Å². The molecule has 1 rings (SSSR count). The van der Waals surface area contributed by atoms with Crippen LogP contribution in [0.2, 0.25) is 5.02 Å². The molecule has 1 aromatic carbocycles. The van der Waals surface area contributed by atoms with Gasteiger partial charge in [-0.2, -0.15) is 5.26 Å². The Morgan fingerprint density at radius 1 is 1.56 bits per heavy atom. The highest BCUT2D eigenvalue weighted by Crippen LogP contribution is 2.25. The molecule has 0 fully saturated rings. The topological polar surface area (TPSA) is 35.8 Å². The van der Waals surface area contributed by atoms with Crippen molar-refractivity contribution in [2.24, 2.45) is 5.92 Å². The second-order valence-corrected chi connectivity index (χ2v) is 4.10. The molecule has 0 aliphatic carbocycles. The molecule has 0 radical (unpaired) electrons. The third kappa shape index (κ3) is 3.11. The molecule has 1 aromatic rings. The second kappa shape index (κ2) is 5.72. The molecule has 0 spiro atoms. The van der Waals surface area contributed by atoms with Gasteiger partial charge in [0.05, 0.1) is 22.7 Å². The average Bonchev–Trinajstić information content (AvgIpc) is 2.26. The summed E-state index contributed by atoms with van der Waals surface area (Å²) in [4.78, 5) is 0. The van der Waals surface area contributed by atoms with E-state index in [1.807, 2.05) is 6.92 Å². The zero-order valence-electron chi connectivity index (χ0n) is 9.35. The van der Waals surface area contributed by atoms with Crippen LogP contribution in [0.4, 0.5) is 10.1 Å². The van der Waals surface area contributed by atoms with Gasteiger partial charge < -0.3 is 5.32 Å². The molecule has 0 heterocycles. The van der Waals surface area contributed by atoms with Crippen LogP contribution in [0.15, 0.2) is 12.1 Å². The molecule has 0 saturated carbocycles. The Kier molecular flexibility index (Phi) is 4.57. The molecular weight excluding hydrogens is 227 g/mol. The van der Waals surface area contributed by atoms with Gasteiger partial charge in [0.1, 0.15) is 5.82 Å². The van der Waals surface area contributed by atoms with E-state index in [9.17, 15) is 4.39 Å². The lowest BCUT2D eigenvalue weighted by molar-refractivity contribution is 0.618. The van der Waals surface area contributed by atoms with Gasteiger partial charge in [-0.25, -0.2) is 4.39 Å². The monoisotopic (exact) mass is 240 g/mol. The maximum atomic E-state index is 13.3. The molecule has 0 bridgehead atoms. The minimum absolute atomic E-state index is 0.0829. The number of nitrogens with zero attached hydrogens (tertiary/aromatic N) is 1. The van der Waals surface area contributed by atoms with Crippen molar-refractivity contribution in [3.63, 3.8) is 0 Å². The molecule has 0 aromatic heterocycles. The fourth-order valence-corrected chi connectivity index (χ4v) is 1.58. The molecule has 1 atom stereocenters. The molecule has 1 unspecified atom stereocenters. The van der Waals surface area contributed by atoms with E-state index in [4.69, 9.17) is 16.9 Å². The highest BCUT2D eigenvalue weighted by molar-refractivity contribution is 6.33. The Labute approximate surface area is 100 Å². The van der Waals surface area contributed by atoms with Gasteiger partial charge in [-0.15, -0.1) is 0 Å². The number of rotatable bonds is 4. The first-order valence-corrected chi connectivity index (χ1v) is 5.55. The summed E-state index contributed by atoms with van der Waals surface area (Å²) in [5, 5.41) is 12.2. The summed E-state index contributed by atoms with van der Waals surface area (Å²) in [5.74, 6) is -0.377. The van der Waals surface area contributed by atoms with E-state index in [1.54, 1.807) is 13.0 Å². The summed E-state index contributed by atoms with van der Waals surface area (Å²) in [5.41, 5.74) is 1.06. The number of hydrogen-bond acceptors (Lipinski definition) is 2. The van der Waals surface area contributed by atoms with Gasteiger partial charge in [-0.1, -0.05) is 18.5 Å². The number of benzene rings is 1. The van der Waals surface area contributed by atoms with Gasteiger partial charge in [0.25, 0.3) is 0 Å². The van der Waals surface area contributed by atoms with Gasteiger partial charge in [0.15, 0.2) is 0 Å². The third-order valence-electron chi connectivity index (χ3n) is 2.46. The number of aryl methyl sites for hydroxylation is 1. The van der Waals surface area contributed by atoms with Crippen LogP contribution in [0, 0.1) is 30.0 Å². The van der Waals surface area contributed by atoms with Crippen LogP contribution in [-0.4, -0.2) is 6.54 Å². The zero-order chi connectivity index (χ0) is 12.1. The Hall–Kier alpha value is -1.27. The maximum absolute atomic E-state index is 13.3. The first-order chi connectivity index (χ1) is 7.58. The summed E-state index contributed by atoms with van der Waals surface area (Å²) in [6.07, 6.45) is 0.759. The van der Waals surface area contributed by atoms with E-state index >= 15 is 0 Å². The van der Waals surface area contributed by atoms with Crippen molar-refractivity contribution >= 4 is 17.3 Å². The van der Waals surface area contributed by atoms with Crippen molar-refractivity contribution in [3.05, 3.63) is 28.5 Å². The van der Waals surface area contributed by atoms with Gasteiger partial charge in [0.2, 0.25) is 0 Å². The lowest BCUT2D eigenvalue weighted by Gasteiger charge is -2.12. The van der Waals surface area contributed by atoms with E-state index < -0.39 is 0 Å². The molecule has 0 amide bonds. The van der Waals surface area contributed by atoms with E-state index in [0.29, 0.717) is 22.8 Å². The first kappa shape index (κ1) is 12.8. The number of nitrogens with one attached hydrogen (secondary N) is 1. The van der Waals surface area contributed by atoms with E-state index in [2.05, 4.69) is 11.4 Å². The summed E-state index contributed by atoms with van der Waals surface area (Å²) in [6.45, 7) is 4.08. The fourth-order valence-electron chi connectivity index (χ4n) is 1.30. The van der Waals surface area contributed by atoms with Gasteiger partial charge in [-0.3, -0.25) is 0 Å². The number of nitriles is 1. The quantitative estimate of drug-likeness (QED) is 0.870. The molecule has 0 aliphatic rings. The molecular formula is C12H14ClFN2. The van der Waals surface area contributed by atoms with E-state index in [1.165, 1.54) is 6.07 Å². The van der Waals surface area contributed by atoms with Crippen molar-refractivity contribution in [2.45, 2.75) is 20.3 Å². The summed E-state index contributed by atoms with van der Waals surface area (Å²) >= 11 is 5.96. The fraction of sp³-hybridized carbons (Fsp3) is 0.417. The van der Waals surface area contributed by atoms with Crippen molar-refractivity contribution in [1.29, 1.82) is 5.26 Å². The average molecular weight is 241 g/mol. The molecule has 0 aliphatic heterocycles. The first-order valence-electron chi connectivity index (χ1n) is 5.17. The molecule has 2 nitrogen and oxygen atoms in total. The van der Waals surface area contributed by atoms with Crippen molar-refractivity contribution in [3.8, 4) is 6.07 Å². The lowest BCUT2D eigenvalue weighted by atomic mass is 10.1. The van der Waals surface area contributed by atoms with Gasteiger partial charge in [-0.05, 0) is 31.0 Å². The van der Waals surface area contributed by atoms with Crippen LogP contribution in [0.1, 0.15) is 18.9 Å². The highest BCUT2D eigenvalue weighted by Gasteiger charge is 2.08. The Morgan fingerprint density at radius 2 is 2.25 bits per heavy atom. The Morgan fingerprint density at radius 3 is 2.81 bits per heavy atom. The summed E-state index contributed by atoms with van der Waals surface area (Å²) in [6, 6.07) is 5.11. The second-order valence-electron chi connectivity index (χ2n) is 3.70. The molecule has 4 heteroatoms. The molecule has 16 heavy (non-hydrogen) atoms. The summed E-state index contributed by atoms with van der Waals surface area (Å²) < 4.78 is 13.3. The number of hydrogen-bond donors (Lipinski definition) is 1. The molecule has 0 saturated heterocycles. The predicted molar refractivity (Wildman–Crippen MR) is 64.0 cm³/mol. The van der Waals surface area contributed by atoms with Crippen LogP contribution in [0.3, 0.4) is 0 Å². The largest absolute Gasteiger partial charge is 0.382 e. The lowest BCUT2D eigenvalue weighted by Crippen LogP contribution is -2.12. The van der Waals surface area contributed by atoms with Crippen molar-refractivity contribution in [2.75, 3.05) is 11.9 Å². The number of halogens is 2. The standard InChI is InChI=1S/C12H14ClFN2/c1-3-9(6-15)7-16-12-5-11(14)8(2)4-10(12)13/h4-5,9,16H,3,7H2,1-2H3. The van der Waals surface area contributed by atoms with Crippen LogP contribution < -0.4 is 5.32 Å². The SMILES string of the molecule is CCC(C#N)CNc1cc(F)c(C)cc1Cl. The maximum Gasteiger partial charge on any atom is 0.128 e. The smallest absolute Gasteiger partial charge is 0.128 e. The van der Waals surface area contributed by atoms with Crippen LogP contribution in [0.5, 0.6) is 0 Å². The van der Waals surface area contributed by atoms with Gasteiger partial charge >= 0.3 is 0 Å². The highest BCUT2D eigenvalue weighted by atomic mass is 35.5. The van der Waals surface area contributed by atoms with Gasteiger partial charge in [0, 0.05) is 6.54 Å². The molecule has 86 valence electrons. The number of anilines is 1. The minimum Gasteiger partial charge on any atom is -0.382 e. The van der Waals surface area contributed by atoms with Crippen molar-refractivity contribution < 1.29 is 4.39 Å². The third-order valence-corrected chi connectivity index (χ3v) is 2.78. The van der Waals surface area contributed by atoms with E-state index in [0.717, 1.165) is 6.42 Å². The van der Waals surface area contributed by atoms with Crippen LogP contribution >= 0.6 is 11.6 Å². The predicted octanol–water partition coefficient (Wildman–Crippen LogP) is 3.75. The zero-order valence-corrected chi connectivity index (χ0v) is 10.1. The normalized spacial score (nSPS) is 11.9. The molecule has 1 N–H and O–H groups in total. The van der Waals surface area contributed by atoms with E-state index in [-0.39, 0.29) is 11.7 Å². The van der Waals surface area contributed by atoms with Crippen LogP contribution in [0.25, 0.3) is 0 Å². The Balaban J connectivity index is 2.75. The Bertz CT molecular complexity index is 412.